The summed E-state index contributed by atoms with van der Waals surface area (Å²) in [6.45, 7) is 6.33. The molecule has 0 saturated carbocycles. The molecule has 1 aliphatic rings. The van der Waals surface area contributed by atoms with Gasteiger partial charge in [-0.1, -0.05) is 29.8 Å². The summed E-state index contributed by atoms with van der Waals surface area (Å²) in [5.41, 5.74) is 4.98. The molecule has 7 nitrogen and oxygen atoms in total. The van der Waals surface area contributed by atoms with Crippen LogP contribution < -0.4 is 10.2 Å². The molecule has 33 heavy (non-hydrogen) atoms. The van der Waals surface area contributed by atoms with Gasteiger partial charge in [-0.15, -0.1) is 5.10 Å². The molecule has 0 unspecified atom stereocenters. The van der Waals surface area contributed by atoms with Crippen molar-refractivity contribution in [3.05, 3.63) is 71.9 Å². The first-order valence-electron chi connectivity index (χ1n) is 11.2. The van der Waals surface area contributed by atoms with Crippen LogP contribution >= 0.6 is 11.6 Å². The average molecular weight is 463 g/mol. The Morgan fingerprint density at radius 2 is 1.85 bits per heavy atom. The molecular weight excluding hydrogens is 436 g/mol. The number of halogens is 1. The Bertz CT molecular complexity index is 1250. The third-order valence-electron chi connectivity index (χ3n) is 5.88. The Kier molecular flexibility index (Phi) is 6.17. The van der Waals surface area contributed by atoms with E-state index in [1.807, 2.05) is 66.2 Å². The number of aliphatic hydroxyl groups is 1. The van der Waals surface area contributed by atoms with E-state index < -0.39 is 0 Å². The van der Waals surface area contributed by atoms with Gasteiger partial charge in [0.25, 0.3) is 0 Å². The SMILES string of the molecule is C[C@H](O)CN1CCN(c2cccc(Nc3ncc4ccc(-c5cccc(Cl)c5)n4n3)c2)CC1. The number of β-amino-alcohol motifs (C(OH)–C–C–N with tert-alkyl or cyclic N) is 1. The molecule has 0 spiro atoms. The quantitative estimate of drug-likeness (QED) is 0.445. The summed E-state index contributed by atoms with van der Waals surface area (Å²) in [6, 6.07) is 20.1. The second-order valence-corrected chi connectivity index (χ2v) is 8.90. The summed E-state index contributed by atoms with van der Waals surface area (Å²) >= 11 is 6.19. The lowest BCUT2D eigenvalue weighted by Gasteiger charge is -2.36. The van der Waals surface area contributed by atoms with E-state index in [-0.39, 0.29) is 6.10 Å². The number of nitrogens with zero attached hydrogens (tertiary/aromatic N) is 5. The van der Waals surface area contributed by atoms with E-state index >= 15 is 0 Å². The highest BCUT2D eigenvalue weighted by atomic mass is 35.5. The first-order chi connectivity index (χ1) is 16.0. The second kappa shape index (κ2) is 9.39. The van der Waals surface area contributed by atoms with E-state index in [1.54, 1.807) is 0 Å². The molecule has 2 aromatic heterocycles. The highest BCUT2D eigenvalue weighted by Gasteiger charge is 2.18. The summed E-state index contributed by atoms with van der Waals surface area (Å²) in [6.07, 6.45) is 1.52. The van der Waals surface area contributed by atoms with Gasteiger partial charge in [0.2, 0.25) is 5.95 Å². The van der Waals surface area contributed by atoms with Gasteiger partial charge in [-0.3, -0.25) is 4.90 Å². The maximum atomic E-state index is 9.63. The lowest BCUT2D eigenvalue weighted by molar-refractivity contribution is 0.123. The molecule has 2 N–H and O–H groups in total. The number of nitrogens with one attached hydrogen (secondary N) is 1. The number of benzene rings is 2. The minimum absolute atomic E-state index is 0.291. The standard InChI is InChI=1S/C25H27ClN6O/c1-18(33)17-30-10-12-31(13-11-30)22-7-3-6-21(15-22)28-25-27-16-23-8-9-24(32(23)29-25)19-4-2-5-20(26)14-19/h2-9,14-16,18,33H,10-13,17H2,1H3,(H,28,29)/t18-/m0/s1. The molecule has 1 atom stereocenters. The van der Waals surface area contributed by atoms with Crippen LogP contribution in [0.4, 0.5) is 17.3 Å². The van der Waals surface area contributed by atoms with E-state index in [4.69, 9.17) is 16.7 Å². The molecule has 1 fully saturated rings. The molecule has 5 rings (SSSR count). The lowest BCUT2D eigenvalue weighted by Crippen LogP contribution is -2.48. The molecule has 1 saturated heterocycles. The van der Waals surface area contributed by atoms with E-state index in [0.717, 1.165) is 55.2 Å². The molecule has 2 aromatic carbocycles. The van der Waals surface area contributed by atoms with Crippen LogP contribution in [0.25, 0.3) is 16.8 Å². The molecule has 170 valence electrons. The number of aliphatic hydroxyl groups excluding tert-OH is 1. The third-order valence-corrected chi connectivity index (χ3v) is 6.12. The van der Waals surface area contributed by atoms with Crippen molar-refractivity contribution in [1.82, 2.24) is 19.5 Å². The van der Waals surface area contributed by atoms with Crippen molar-refractivity contribution in [3.63, 3.8) is 0 Å². The van der Waals surface area contributed by atoms with Crippen molar-refractivity contribution in [2.45, 2.75) is 13.0 Å². The average Bonchev–Trinajstić information content (AvgIpc) is 3.23. The molecule has 0 amide bonds. The zero-order valence-electron chi connectivity index (χ0n) is 18.5. The Balaban J connectivity index is 1.34. The predicted octanol–water partition coefficient (Wildman–Crippen LogP) is 4.30. The summed E-state index contributed by atoms with van der Waals surface area (Å²) < 4.78 is 1.88. The molecule has 8 heteroatoms. The van der Waals surface area contributed by atoms with Crippen LogP contribution in [-0.4, -0.2) is 63.4 Å². The largest absolute Gasteiger partial charge is 0.392 e. The van der Waals surface area contributed by atoms with Gasteiger partial charge < -0.3 is 15.3 Å². The summed E-state index contributed by atoms with van der Waals surface area (Å²) in [7, 11) is 0. The van der Waals surface area contributed by atoms with Gasteiger partial charge in [0.05, 0.1) is 23.5 Å². The van der Waals surface area contributed by atoms with Crippen LogP contribution in [0, 0.1) is 0 Å². The fourth-order valence-electron chi connectivity index (χ4n) is 4.30. The minimum atomic E-state index is -0.291. The number of aromatic nitrogens is 3. The monoisotopic (exact) mass is 462 g/mol. The van der Waals surface area contributed by atoms with E-state index in [9.17, 15) is 5.11 Å². The predicted molar refractivity (Wildman–Crippen MR) is 133 cm³/mol. The first kappa shape index (κ1) is 21.7. The number of fused-ring (bicyclic) bond motifs is 1. The molecule has 3 heterocycles. The Labute approximate surface area is 198 Å². The second-order valence-electron chi connectivity index (χ2n) is 8.46. The van der Waals surface area contributed by atoms with Gasteiger partial charge in [-0.05, 0) is 49.4 Å². The van der Waals surface area contributed by atoms with Crippen LogP contribution in [0.3, 0.4) is 0 Å². The van der Waals surface area contributed by atoms with Gasteiger partial charge >= 0.3 is 0 Å². The molecule has 0 radical (unpaired) electrons. The van der Waals surface area contributed by atoms with Crippen molar-refractivity contribution < 1.29 is 5.11 Å². The van der Waals surface area contributed by atoms with Gasteiger partial charge in [0.1, 0.15) is 0 Å². The zero-order chi connectivity index (χ0) is 22.8. The van der Waals surface area contributed by atoms with Gasteiger partial charge in [0.15, 0.2) is 0 Å². The third kappa shape index (κ3) is 4.95. The van der Waals surface area contributed by atoms with Crippen LogP contribution in [0.1, 0.15) is 6.92 Å². The van der Waals surface area contributed by atoms with E-state index in [2.05, 4.69) is 32.2 Å². The van der Waals surface area contributed by atoms with Crippen LogP contribution in [0.5, 0.6) is 0 Å². The van der Waals surface area contributed by atoms with Gasteiger partial charge in [-0.25, -0.2) is 9.50 Å². The molecule has 0 bridgehead atoms. The highest BCUT2D eigenvalue weighted by molar-refractivity contribution is 6.30. The maximum absolute atomic E-state index is 9.63. The van der Waals surface area contributed by atoms with Crippen LogP contribution in [-0.2, 0) is 0 Å². The van der Waals surface area contributed by atoms with Crippen molar-refractivity contribution in [1.29, 1.82) is 0 Å². The lowest BCUT2D eigenvalue weighted by atomic mass is 10.2. The maximum Gasteiger partial charge on any atom is 0.245 e. The van der Waals surface area contributed by atoms with E-state index in [0.29, 0.717) is 11.0 Å². The smallest absolute Gasteiger partial charge is 0.245 e. The first-order valence-corrected chi connectivity index (χ1v) is 11.6. The minimum Gasteiger partial charge on any atom is -0.392 e. The number of rotatable bonds is 6. The highest BCUT2D eigenvalue weighted by Crippen LogP contribution is 2.26. The Morgan fingerprint density at radius 3 is 2.64 bits per heavy atom. The topological polar surface area (TPSA) is 68.9 Å². The molecule has 4 aromatic rings. The van der Waals surface area contributed by atoms with Crippen LogP contribution in [0.2, 0.25) is 5.02 Å². The Morgan fingerprint density at radius 1 is 1.03 bits per heavy atom. The molecular formula is C25H27ClN6O. The van der Waals surface area contributed by atoms with Crippen LogP contribution in [0.15, 0.2) is 66.9 Å². The summed E-state index contributed by atoms with van der Waals surface area (Å²) in [4.78, 5) is 9.17. The van der Waals surface area contributed by atoms with Crippen molar-refractivity contribution >= 4 is 34.4 Å². The summed E-state index contributed by atoms with van der Waals surface area (Å²) in [5.74, 6) is 0.529. The molecule has 1 aliphatic heterocycles. The fourth-order valence-corrected chi connectivity index (χ4v) is 4.49. The summed E-state index contributed by atoms with van der Waals surface area (Å²) in [5, 5.41) is 18.4. The number of anilines is 3. The number of piperazine rings is 1. The normalized spacial score (nSPS) is 15.7. The van der Waals surface area contributed by atoms with Gasteiger partial charge in [0, 0.05) is 54.7 Å². The van der Waals surface area contributed by atoms with Crippen molar-refractivity contribution in [2.75, 3.05) is 42.9 Å². The zero-order valence-corrected chi connectivity index (χ0v) is 19.3. The van der Waals surface area contributed by atoms with Gasteiger partial charge in [-0.2, -0.15) is 0 Å². The van der Waals surface area contributed by atoms with Crippen molar-refractivity contribution in [3.8, 4) is 11.3 Å². The van der Waals surface area contributed by atoms with E-state index in [1.165, 1.54) is 5.69 Å². The Hall–Kier alpha value is -3.13. The number of hydrogen-bond acceptors (Lipinski definition) is 6. The van der Waals surface area contributed by atoms with Crippen molar-refractivity contribution in [2.24, 2.45) is 0 Å². The molecule has 0 aliphatic carbocycles. The number of hydrogen-bond donors (Lipinski definition) is 2. The fraction of sp³-hybridized carbons (Fsp3) is 0.280.